The van der Waals surface area contributed by atoms with Crippen LogP contribution < -0.4 is 16.0 Å². The number of guanidine groups is 1. The quantitative estimate of drug-likeness (QED) is 0.282. The van der Waals surface area contributed by atoms with Crippen LogP contribution in [0.1, 0.15) is 51.0 Å². The maximum atomic E-state index is 12.4. The molecule has 3 N–H and O–H groups in total. The summed E-state index contributed by atoms with van der Waals surface area (Å²) in [6.45, 7) is 4.18. The Bertz CT molecular complexity index is 775. The third kappa shape index (κ3) is 7.83. The highest BCUT2D eigenvalue weighted by atomic mass is 127. The van der Waals surface area contributed by atoms with Crippen LogP contribution in [0.4, 0.5) is 10.5 Å². The van der Waals surface area contributed by atoms with Crippen molar-refractivity contribution in [2.45, 2.75) is 58.0 Å². The fourth-order valence-corrected chi connectivity index (χ4v) is 4.19. The summed E-state index contributed by atoms with van der Waals surface area (Å²) < 4.78 is 5.07. The van der Waals surface area contributed by atoms with Crippen molar-refractivity contribution in [3.05, 3.63) is 29.8 Å². The molecule has 1 aromatic rings. The van der Waals surface area contributed by atoms with E-state index >= 15 is 0 Å². The first-order chi connectivity index (χ1) is 15.1. The number of ether oxygens (including phenoxy) is 1. The summed E-state index contributed by atoms with van der Waals surface area (Å²) in [6.07, 6.45) is 5.75. The minimum absolute atomic E-state index is 0. The minimum Gasteiger partial charge on any atom is -0.450 e. The Hall–Kier alpha value is -2.04. The summed E-state index contributed by atoms with van der Waals surface area (Å²) in [5, 5.41) is 9.84. The lowest BCUT2D eigenvalue weighted by Crippen LogP contribution is -2.49. The number of nitrogens with one attached hydrogen (secondary N) is 3. The summed E-state index contributed by atoms with van der Waals surface area (Å²) in [5.74, 6) is 1.02. The summed E-state index contributed by atoms with van der Waals surface area (Å²) >= 11 is 0. The van der Waals surface area contributed by atoms with E-state index in [4.69, 9.17) is 4.74 Å². The van der Waals surface area contributed by atoms with Crippen molar-refractivity contribution in [3.8, 4) is 0 Å². The van der Waals surface area contributed by atoms with Crippen molar-refractivity contribution < 1.29 is 14.3 Å². The van der Waals surface area contributed by atoms with Crippen LogP contribution in [0, 0.1) is 5.92 Å². The van der Waals surface area contributed by atoms with Crippen molar-refractivity contribution in [1.29, 1.82) is 0 Å². The largest absolute Gasteiger partial charge is 0.450 e. The van der Waals surface area contributed by atoms with Gasteiger partial charge in [0, 0.05) is 44.3 Å². The Morgan fingerprint density at radius 1 is 1.16 bits per heavy atom. The van der Waals surface area contributed by atoms with Gasteiger partial charge in [-0.25, -0.2) is 4.79 Å². The van der Waals surface area contributed by atoms with Crippen LogP contribution in [0.15, 0.2) is 29.3 Å². The number of nitrogens with zero attached hydrogens (tertiary/aromatic N) is 2. The van der Waals surface area contributed by atoms with Crippen LogP contribution in [0.2, 0.25) is 0 Å². The molecule has 2 fully saturated rings. The number of piperidine rings is 1. The van der Waals surface area contributed by atoms with Crippen molar-refractivity contribution >= 4 is 47.6 Å². The molecular weight excluding hydrogens is 521 g/mol. The van der Waals surface area contributed by atoms with E-state index in [1.165, 1.54) is 0 Å². The second-order valence-corrected chi connectivity index (χ2v) is 8.20. The lowest BCUT2D eigenvalue weighted by molar-refractivity contribution is -0.119. The molecule has 1 saturated carbocycles. The van der Waals surface area contributed by atoms with E-state index in [0.717, 1.165) is 55.7 Å². The van der Waals surface area contributed by atoms with Gasteiger partial charge in [0.05, 0.1) is 6.61 Å². The number of anilines is 1. The van der Waals surface area contributed by atoms with Crippen molar-refractivity contribution in [2.24, 2.45) is 10.9 Å². The standard InChI is InChI=1S/C23H35N5O3.HI/c1-3-31-23(30)28-13-11-19(12-14-28)27-22(24-2)25-16-17-7-6-10-20(15-17)26-21(29)18-8-4-5-9-18;/h6-7,10,15,18-19H,3-5,8-9,11-14,16H2,1-2H3,(H,26,29)(H2,24,25,27);1H. The molecule has 2 amide bonds. The fraction of sp³-hybridized carbons (Fsp3) is 0.609. The Kier molecular flexibility index (Phi) is 11.1. The molecule has 0 atom stereocenters. The van der Waals surface area contributed by atoms with E-state index in [-0.39, 0.29) is 47.9 Å². The zero-order valence-electron chi connectivity index (χ0n) is 19.1. The number of hydrogen-bond donors (Lipinski definition) is 3. The zero-order valence-corrected chi connectivity index (χ0v) is 21.4. The number of carbonyl (C=O) groups excluding carboxylic acids is 2. The van der Waals surface area contributed by atoms with E-state index in [1.54, 1.807) is 11.9 Å². The summed E-state index contributed by atoms with van der Waals surface area (Å²) in [5.41, 5.74) is 1.91. The van der Waals surface area contributed by atoms with Gasteiger partial charge in [0.2, 0.25) is 5.91 Å². The molecule has 2 aliphatic rings. The predicted molar refractivity (Wildman–Crippen MR) is 137 cm³/mol. The van der Waals surface area contributed by atoms with E-state index in [2.05, 4.69) is 20.9 Å². The fourth-order valence-electron chi connectivity index (χ4n) is 4.19. The smallest absolute Gasteiger partial charge is 0.409 e. The molecule has 0 bridgehead atoms. The number of likely N-dealkylation sites (tertiary alicyclic amines) is 1. The molecule has 0 spiro atoms. The molecule has 32 heavy (non-hydrogen) atoms. The SMILES string of the molecule is CCOC(=O)N1CCC(NC(=NC)NCc2cccc(NC(=O)C3CCCC3)c2)CC1.I. The van der Waals surface area contributed by atoms with Gasteiger partial charge in [-0.2, -0.15) is 0 Å². The van der Waals surface area contributed by atoms with Crippen LogP contribution in [0.25, 0.3) is 0 Å². The molecule has 1 aromatic carbocycles. The van der Waals surface area contributed by atoms with Gasteiger partial charge >= 0.3 is 6.09 Å². The molecule has 9 heteroatoms. The maximum Gasteiger partial charge on any atom is 0.409 e. The first-order valence-corrected chi connectivity index (χ1v) is 11.4. The first kappa shape index (κ1) is 26.2. The predicted octanol–water partition coefficient (Wildman–Crippen LogP) is 3.72. The summed E-state index contributed by atoms with van der Waals surface area (Å²) in [7, 11) is 1.75. The topological polar surface area (TPSA) is 95.1 Å². The number of hydrogen-bond acceptors (Lipinski definition) is 4. The Labute approximate surface area is 208 Å². The van der Waals surface area contributed by atoms with Gasteiger partial charge in [-0.15, -0.1) is 24.0 Å². The number of aliphatic imine (C=N–C) groups is 1. The molecule has 1 heterocycles. The van der Waals surface area contributed by atoms with Crippen LogP contribution >= 0.6 is 24.0 Å². The highest BCUT2D eigenvalue weighted by Crippen LogP contribution is 2.26. The Morgan fingerprint density at radius 3 is 2.53 bits per heavy atom. The van der Waals surface area contributed by atoms with E-state index in [1.807, 2.05) is 31.2 Å². The van der Waals surface area contributed by atoms with Gasteiger partial charge in [-0.3, -0.25) is 9.79 Å². The van der Waals surface area contributed by atoms with E-state index in [0.29, 0.717) is 26.2 Å². The molecular formula is C23H36IN5O3. The second-order valence-electron chi connectivity index (χ2n) is 8.20. The summed E-state index contributed by atoms with van der Waals surface area (Å²) in [6, 6.07) is 8.19. The van der Waals surface area contributed by atoms with Gasteiger partial charge in [-0.05, 0) is 50.3 Å². The third-order valence-electron chi connectivity index (χ3n) is 5.97. The van der Waals surface area contributed by atoms with Crippen LogP contribution in [0.3, 0.4) is 0 Å². The molecule has 1 saturated heterocycles. The minimum atomic E-state index is -0.233. The lowest BCUT2D eigenvalue weighted by atomic mass is 10.1. The molecule has 1 aliphatic carbocycles. The van der Waals surface area contributed by atoms with Gasteiger partial charge in [0.1, 0.15) is 0 Å². The van der Waals surface area contributed by atoms with Crippen molar-refractivity contribution in [1.82, 2.24) is 15.5 Å². The molecule has 3 rings (SSSR count). The van der Waals surface area contributed by atoms with Crippen LogP contribution in [-0.4, -0.2) is 55.6 Å². The second kappa shape index (κ2) is 13.5. The molecule has 0 radical (unpaired) electrons. The average Bonchev–Trinajstić information content (AvgIpc) is 3.33. The van der Waals surface area contributed by atoms with Gasteiger partial charge < -0.3 is 25.6 Å². The monoisotopic (exact) mass is 557 g/mol. The number of amides is 2. The zero-order chi connectivity index (χ0) is 22.1. The van der Waals surface area contributed by atoms with E-state index < -0.39 is 0 Å². The van der Waals surface area contributed by atoms with Gasteiger partial charge in [0.15, 0.2) is 5.96 Å². The van der Waals surface area contributed by atoms with Gasteiger partial charge in [-0.1, -0.05) is 25.0 Å². The molecule has 0 unspecified atom stereocenters. The first-order valence-electron chi connectivity index (χ1n) is 11.4. The average molecular weight is 557 g/mol. The van der Waals surface area contributed by atoms with E-state index in [9.17, 15) is 9.59 Å². The van der Waals surface area contributed by atoms with Crippen LogP contribution in [0.5, 0.6) is 0 Å². The maximum absolute atomic E-state index is 12.4. The lowest BCUT2D eigenvalue weighted by Gasteiger charge is -2.32. The van der Waals surface area contributed by atoms with Crippen molar-refractivity contribution in [3.63, 3.8) is 0 Å². The number of benzene rings is 1. The number of halogens is 1. The van der Waals surface area contributed by atoms with Crippen molar-refractivity contribution in [2.75, 3.05) is 32.1 Å². The Morgan fingerprint density at radius 2 is 1.88 bits per heavy atom. The van der Waals surface area contributed by atoms with Gasteiger partial charge in [0.25, 0.3) is 0 Å². The Balaban J connectivity index is 0.00000363. The summed E-state index contributed by atoms with van der Waals surface area (Å²) in [4.78, 5) is 30.3. The normalized spacial score (nSPS) is 17.4. The highest BCUT2D eigenvalue weighted by molar-refractivity contribution is 14.0. The van der Waals surface area contributed by atoms with Crippen LogP contribution in [-0.2, 0) is 16.1 Å². The third-order valence-corrected chi connectivity index (χ3v) is 5.97. The number of carbonyl (C=O) groups is 2. The molecule has 1 aliphatic heterocycles. The molecule has 178 valence electrons. The molecule has 8 nitrogen and oxygen atoms in total. The molecule has 0 aromatic heterocycles. The number of rotatable bonds is 6. The highest BCUT2D eigenvalue weighted by Gasteiger charge is 2.24.